The van der Waals surface area contributed by atoms with Crippen LogP contribution in [0, 0.1) is 11.3 Å². The second-order valence-electron chi connectivity index (χ2n) is 6.97. The minimum Gasteiger partial charge on any atom is -0.442 e. The van der Waals surface area contributed by atoms with Gasteiger partial charge in [-0.15, -0.1) is 0 Å². The number of ketones is 1. The van der Waals surface area contributed by atoms with Crippen LogP contribution in [0.4, 0.5) is 10.5 Å². The van der Waals surface area contributed by atoms with Crippen LogP contribution in [0.15, 0.2) is 54.7 Å². The maximum atomic E-state index is 13.0. The molecule has 2 amide bonds. The van der Waals surface area contributed by atoms with Crippen molar-refractivity contribution >= 4 is 29.0 Å². The number of nitriles is 1. The fourth-order valence-electron chi connectivity index (χ4n) is 3.39. The molecule has 1 aliphatic rings. The summed E-state index contributed by atoms with van der Waals surface area (Å²) in [4.78, 5) is 37.6. The molecule has 0 spiro atoms. The Morgan fingerprint density at radius 1 is 1.17 bits per heavy atom. The fraction of sp³-hybridized carbons (Fsp3) is 0.182. The molecular formula is C22H18N4O4. The van der Waals surface area contributed by atoms with Crippen LogP contribution in [-0.2, 0) is 9.53 Å². The van der Waals surface area contributed by atoms with Gasteiger partial charge in [-0.05, 0) is 48.5 Å². The van der Waals surface area contributed by atoms with Crippen molar-refractivity contribution in [2.75, 3.05) is 18.0 Å². The highest BCUT2D eigenvalue weighted by molar-refractivity contribution is 6.09. The minimum absolute atomic E-state index is 0.188. The summed E-state index contributed by atoms with van der Waals surface area (Å²) in [5.41, 5.74) is 2.80. The number of hydrogen-bond donors (Lipinski definition) is 1. The molecule has 3 heterocycles. The Bertz CT molecular complexity index is 1190. The number of cyclic esters (lactones) is 1. The molecule has 2 aromatic heterocycles. The quantitative estimate of drug-likeness (QED) is 0.661. The highest BCUT2D eigenvalue weighted by Crippen LogP contribution is 2.23. The van der Waals surface area contributed by atoms with Gasteiger partial charge in [0.1, 0.15) is 12.2 Å². The van der Waals surface area contributed by atoms with Crippen molar-refractivity contribution in [1.82, 2.24) is 9.72 Å². The molecule has 8 heteroatoms. The summed E-state index contributed by atoms with van der Waals surface area (Å²) in [5.74, 6) is -0.378. The van der Waals surface area contributed by atoms with Crippen molar-refractivity contribution in [3.63, 3.8) is 0 Å². The van der Waals surface area contributed by atoms with E-state index in [4.69, 9.17) is 10.00 Å². The maximum absolute atomic E-state index is 13.0. The van der Waals surface area contributed by atoms with Crippen LogP contribution in [-0.4, -0.2) is 41.4 Å². The number of carbonyl (C=O) groups is 3. The number of nitrogens with one attached hydrogen (secondary N) is 1. The number of nitrogens with zero attached hydrogens (tertiary/aromatic N) is 3. The number of rotatable bonds is 5. The van der Waals surface area contributed by atoms with Gasteiger partial charge in [0, 0.05) is 29.9 Å². The molecule has 1 aromatic carbocycles. The molecule has 4 rings (SSSR count). The molecule has 0 saturated carbocycles. The van der Waals surface area contributed by atoms with Crippen LogP contribution in [0.1, 0.15) is 28.5 Å². The number of benzene rings is 1. The van der Waals surface area contributed by atoms with Crippen LogP contribution in [0.5, 0.6) is 0 Å². The van der Waals surface area contributed by atoms with Crippen molar-refractivity contribution in [2.24, 2.45) is 0 Å². The van der Waals surface area contributed by atoms with Gasteiger partial charge in [-0.1, -0.05) is 0 Å². The molecule has 1 fully saturated rings. The van der Waals surface area contributed by atoms with Crippen molar-refractivity contribution in [1.29, 1.82) is 5.26 Å². The van der Waals surface area contributed by atoms with E-state index < -0.39 is 12.2 Å². The third kappa shape index (κ3) is 3.61. The first kappa shape index (κ1) is 19.2. The molecule has 0 unspecified atom stereocenters. The molecule has 1 aliphatic heterocycles. The topological polar surface area (TPSA) is 104 Å². The molecule has 8 nitrogen and oxygen atoms in total. The summed E-state index contributed by atoms with van der Waals surface area (Å²) in [6.45, 7) is 1.96. The number of anilines is 1. The Kier molecular flexibility index (Phi) is 4.94. The average molecular weight is 402 g/mol. The molecule has 3 aromatic rings. The third-order valence-electron chi connectivity index (χ3n) is 4.91. The van der Waals surface area contributed by atoms with Gasteiger partial charge in [0.25, 0.3) is 0 Å². The highest BCUT2D eigenvalue weighted by Gasteiger charge is 2.32. The Morgan fingerprint density at radius 2 is 1.90 bits per heavy atom. The first-order chi connectivity index (χ1) is 14.5. The monoisotopic (exact) mass is 402 g/mol. The lowest BCUT2D eigenvalue weighted by Crippen LogP contribution is -2.33. The Labute approximate surface area is 172 Å². The third-order valence-corrected chi connectivity index (χ3v) is 4.91. The predicted molar refractivity (Wildman–Crippen MR) is 108 cm³/mol. The van der Waals surface area contributed by atoms with Gasteiger partial charge < -0.3 is 14.5 Å². The summed E-state index contributed by atoms with van der Waals surface area (Å²) < 4.78 is 6.95. The van der Waals surface area contributed by atoms with E-state index in [1.165, 1.54) is 11.8 Å². The van der Waals surface area contributed by atoms with E-state index in [2.05, 4.69) is 11.4 Å². The van der Waals surface area contributed by atoms with Gasteiger partial charge in [0.15, 0.2) is 0 Å². The van der Waals surface area contributed by atoms with Crippen LogP contribution >= 0.6 is 0 Å². The molecule has 0 bridgehead atoms. The normalized spacial score (nSPS) is 15.7. The molecular weight excluding hydrogens is 384 g/mol. The molecule has 1 N–H and O–H groups in total. The largest absolute Gasteiger partial charge is 0.442 e. The summed E-state index contributed by atoms with van der Waals surface area (Å²) in [5, 5.41) is 11.7. The Morgan fingerprint density at radius 3 is 2.60 bits per heavy atom. The van der Waals surface area contributed by atoms with Gasteiger partial charge >= 0.3 is 6.09 Å². The van der Waals surface area contributed by atoms with E-state index in [1.54, 1.807) is 53.1 Å². The van der Waals surface area contributed by atoms with Gasteiger partial charge in [-0.25, -0.2) is 4.79 Å². The zero-order valence-electron chi connectivity index (χ0n) is 16.2. The van der Waals surface area contributed by atoms with Crippen molar-refractivity contribution in [2.45, 2.75) is 13.0 Å². The van der Waals surface area contributed by atoms with E-state index in [0.717, 1.165) is 5.52 Å². The summed E-state index contributed by atoms with van der Waals surface area (Å²) >= 11 is 0. The number of hydrogen-bond acceptors (Lipinski definition) is 5. The van der Waals surface area contributed by atoms with Crippen molar-refractivity contribution in [3.05, 3.63) is 71.5 Å². The Hall–Kier alpha value is -4.12. The lowest BCUT2D eigenvalue weighted by molar-refractivity contribution is -0.119. The number of carbonyl (C=O) groups excluding carboxylic acids is 3. The highest BCUT2D eigenvalue weighted by atomic mass is 16.6. The van der Waals surface area contributed by atoms with Gasteiger partial charge in [-0.2, -0.15) is 5.26 Å². The second kappa shape index (κ2) is 7.72. The van der Waals surface area contributed by atoms with Crippen LogP contribution < -0.4 is 10.2 Å². The van der Waals surface area contributed by atoms with Gasteiger partial charge in [0.2, 0.25) is 11.7 Å². The number of pyridine rings is 1. The number of amides is 2. The maximum Gasteiger partial charge on any atom is 0.414 e. The first-order valence-electron chi connectivity index (χ1n) is 9.35. The summed E-state index contributed by atoms with van der Waals surface area (Å²) in [7, 11) is 0. The minimum atomic E-state index is -0.494. The molecule has 0 radical (unpaired) electrons. The number of ether oxygens (including phenoxy) is 1. The van der Waals surface area contributed by atoms with Gasteiger partial charge in [-0.3, -0.25) is 14.5 Å². The molecule has 150 valence electrons. The first-order valence-corrected chi connectivity index (χ1v) is 9.35. The van der Waals surface area contributed by atoms with E-state index in [0.29, 0.717) is 29.1 Å². The smallest absolute Gasteiger partial charge is 0.414 e. The predicted octanol–water partition coefficient (Wildman–Crippen LogP) is 2.50. The van der Waals surface area contributed by atoms with Crippen molar-refractivity contribution < 1.29 is 19.1 Å². The van der Waals surface area contributed by atoms with E-state index in [1.807, 2.05) is 6.07 Å². The fourth-order valence-corrected chi connectivity index (χ4v) is 3.39. The van der Waals surface area contributed by atoms with E-state index in [-0.39, 0.29) is 18.2 Å². The van der Waals surface area contributed by atoms with Crippen molar-refractivity contribution in [3.8, 4) is 6.07 Å². The molecule has 1 atom stereocenters. The van der Waals surface area contributed by atoms with Gasteiger partial charge in [0.05, 0.1) is 24.3 Å². The second-order valence-corrected chi connectivity index (χ2v) is 6.97. The molecule has 30 heavy (non-hydrogen) atoms. The summed E-state index contributed by atoms with van der Waals surface area (Å²) in [6.07, 6.45) is 0.710. The van der Waals surface area contributed by atoms with Crippen LogP contribution in [0.2, 0.25) is 0 Å². The lowest BCUT2D eigenvalue weighted by Gasteiger charge is -2.13. The van der Waals surface area contributed by atoms with Crippen LogP contribution in [0.3, 0.4) is 0 Å². The summed E-state index contributed by atoms with van der Waals surface area (Å²) in [6, 6.07) is 15.8. The average Bonchev–Trinajstić information content (AvgIpc) is 3.34. The van der Waals surface area contributed by atoms with E-state index in [9.17, 15) is 14.4 Å². The zero-order chi connectivity index (χ0) is 21.3. The number of aromatic nitrogens is 1. The zero-order valence-corrected chi connectivity index (χ0v) is 16.2. The van der Waals surface area contributed by atoms with E-state index >= 15 is 0 Å². The standard InChI is InChI=1S/C22H18N4O4/c1-14(27)24-11-19-13-26(22(29)30-19)18-6-3-16(4-7-18)21(28)20-9-8-17-5-2-15(10-23)12-25(17)20/h2-9,12,19H,11,13H2,1H3,(H,24,27)/t19-/m0/s1. The van der Waals surface area contributed by atoms with Crippen LogP contribution in [0.25, 0.3) is 5.52 Å². The SMILES string of the molecule is CC(=O)NC[C@H]1CN(c2ccc(C(=O)c3ccc4ccc(C#N)cn34)cc2)C(=O)O1. The molecule has 1 saturated heterocycles. The molecule has 0 aliphatic carbocycles. The Balaban J connectivity index is 1.53. The number of fused-ring (bicyclic) bond motifs is 1. The lowest BCUT2D eigenvalue weighted by atomic mass is 10.1.